The van der Waals surface area contributed by atoms with E-state index in [1.54, 1.807) is 0 Å². The highest BCUT2D eigenvalue weighted by Gasteiger charge is 2.22. The van der Waals surface area contributed by atoms with E-state index in [0.29, 0.717) is 0 Å². The van der Waals surface area contributed by atoms with Crippen LogP contribution < -0.4 is 9.80 Å². The monoisotopic (exact) mass is 355 g/mol. The molecular formula is C20H26FN5. The highest BCUT2D eigenvalue weighted by Crippen LogP contribution is 2.22. The Hall–Kier alpha value is -2.21. The van der Waals surface area contributed by atoms with Gasteiger partial charge in [0, 0.05) is 63.1 Å². The standard InChI is InChI=1S/C20H26FN5/c1-2-8-24-9-7-19-16(15-24)14-22-20(23-19)26-12-10-25(11-13-26)18-5-3-17(21)4-6-18/h3-6,14H,2,7-13,15H2,1H3. The van der Waals surface area contributed by atoms with Crippen molar-refractivity contribution in [2.75, 3.05) is 49.1 Å². The minimum atomic E-state index is -0.188. The lowest BCUT2D eigenvalue weighted by atomic mass is 10.1. The van der Waals surface area contributed by atoms with Crippen molar-refractivity contribution >= 4 is 11.6 Å². The minimum absolute atomic E-state index is 0.188. The third kappa shape index (κ3) is 3.65. The molecule has 1 aromatic carbocycles. The van der Waals surface area contributed by atoms with E-state index >= 15 is 0 Å². The second-order valence-corrected chi connectivity index (χ2v) is 7.12. The summed E-state index contributed by atoms with van der Waals surface area (Å²) in [5.41, 5.74) is 3.56. The molecule has 0 radical (unpaired) electrons. The molecule has 2 aliphatic heterocycles. The van der Waals surface area contributed by atoms with Gasteiger partial charge in [-0.25, -0.2) is 14.4 Å². The number of anilines is 2. The molecule has 0 spiro atoms. The van der Waals surface area contributed by atoms with Crippen molar-refractivity contribution in [3.63, 3.8) is 0 Å². The highest BCUT2D eigenvalue weighted by atomic mass is 19.1. The Morgan fingerprint density at radius 3 is 2.46 bits per heavy atom. The topological polar surface area (TPSA) is 35.5 Å². The number of fused-ring (bicyclic) bond motifs is 1. The second kappa shape index (κ2) is 7.58. The number of hydrogen-bond acceptors (Lipinski definition) is 5. The maximum Gasteiger partial charge on any atom is 0.225 e. The van der Waals surface area contributed by atoms with Crippen LogP contribution in [0.4, 0.5) is 16.0 Å². The molecule has 5 nitrogen and oxygen atoms in total. The first-order chi connectivity index (χ1) is 12.7. The van der Waals surface area contributed by atoms with Gasteiger partial charge in [-0.15, -0.1) is 0 Å². The Morgan fingerprint density at radius 1 is 1.00 bits per heavy atom. The van der Waals surface area contributed by atoms with E-state index in [4.69, 9.17) is 4.98 Å². The fraction of sp³-hybridized carbons (Fsp3) is 0.500. The normalized spacial score (nSPS) is 18.1. The fourth-order valence-electron chi connectivity index (χ4n) is 3.84. The predicted molar refractivity (Wildman–Crippen MR) is 102 cm³/mol. The molecule has 0 aliphatic carbocycles. The molecule has 3 heterocycles. The molecule has 0 atom stereocenters. The van der Waals surface area contributed by atoms with Crippen molar-refractivity contribution in [1.29, 1.82) is 0 Å². The van der Waals surface area contributed by atoms with Gasteiger partial charge < -0.3 is 9.80 Å². The van der Waals surface area contributed by atoms with Crippen molar-refractivity contribution in [1.82, 2.24) is 14.9 Å². The number of benzene rings is 1. The largest absolute Gasteiger partial charge is 0.368 e. The molecule has 1 aromatic heterocycles. The summed E-state index contributed by atoms with van der Waals surface area (Å²) in [5.74, 6) is 0.666. The number of nitrogens with zero attached hydrogens (tertiary/aromatic N) is 5. The summed E-state index contributed by atoms with van der Waals surface area (Å²) in [5, 5.41) is 0. The van der Waals surface area contributed by atoms with Crippen molar-refractivity contribution in [3.8, 4) is 0 Å². The summed E-state index contributed by atoms with van der Waals surface area (Å²) in [6, 6.07) is 6.75. The summed E-state index contributed by atoms with van der Waals surface area (Å²) >= 11 is 0. The minimum Gasteiger partial charge on any atom is -0.368 e. The zero-order chi connectivity index (χ0) is 17.9. The molecule has 26 heavy (non-hydrogen) atoms. The first-order valence-corrected chi connectivity index (χ1v) is 9.55. The van der Waals surface area contributed by atoms with Crippen molar-refractivity contribution in [3.05, 3.63) is 47.5 Å². The van der Waals surface area contributed by atoms with E-state index in [2.05, 4.69) is 26.6 Å². The molecule has 138 valence electrons. The maximum absolute atomic E-state index is 13.1. The number of piperazine rings is 1. The molecule has 1 fully saturated rings. The number of hydrogen-bond donors (Lipinski definition) is 0. The Balaban J connectivity index is 1.40. The fourth-order valence-corrected chi connectivity index (χ4v) is 3.84. The average molecular weight is 355 g/mol. The van der Waals surface area contributed by atoms with E-state index < -0.39 is 0 Å². The van der Waals surface area contributed by atoms with Gasteiger partial charge in [-0.2, -0.15) is 0 Å². The zero-order valence-electron chi connectivity index (χ0n) is 15.4. The lowest BCUT2D eigenvalue weighted by molar-refractivity contribution is 0.252. The van der Waals surface area contributed by atoms with Crippen LogP contribution in [0.2, 0.25) is 0 Å². The van der Waals surface area contributed by atoms with Crippen LogP contribution in [0.25, 0.3) is 0 Å². The molecule has 1 saturated heterocycles. The third-order valence-corrected chi connectivity index (χ3v) is 5.29. The Morgan fingerprint density at radius 2 is 1.73 bits per heavy atom. The lowest BCUT2D eigenvalue weighted by Gasteiger charge is -2.36. The Bertz CT molecular complexity index is 740. The van der Waals surface area contributed by atoms with Gasteiger partial charge in [-0.3, -0.25) is 4.90 Å². The first kappa shape index (κ1) is 17.2. The Kier molecular flexibility index (Phi) is 5.02. The predicted octanol–water partition coefficient (Wildman–Crippen LogP) is 2.71. The van der Waals surface area contributed by atoms with Crippen molar-refractivity contribution in [2.45, 2.75) is 26.3 Å². The molecule has 4 rings (SSSR count). The van der Waals surface area contributed by atoms with E-state index in [1.807, 2.05) is 18.3 Å². The van der Waals surface area contributed by atoms with Gasteiger partial charge in [0.05, 0.1) is 5.69 Å². The van der Waals surface area contributed by atoms with Crippen LogP contribution in [0.1, 0.15) is 24.6 Å². The Labute approximate surface area is 154 Å². The SMILES string of the molecule is CCCN1CCc2nc(N3CCN(c4ccc(F)cc4)CC3)ncc2C1. The molecule has 0 unspecified atom stereocenters. The summed E-state index contributed by atoms with van der Waals surface area (Å²) in [6.07, 6.45) is 4.22. The molecular weight excluding hydrogens is 329 g/mol. The van der Waals surface area contributed by atoms with Gasteiger partial charge in [0.15, 0.2) is 0 Å². The summed E-state index contributed by atoms with van der Waals surface area (Å²) in [7, 11) is 0. The molecule has 6 heteroatoms. The number of halogens is 1. The average Bonchev–Trinajstić information content (AvgIpc) is 2.69. The van der Waals surface area contributed by atoms with Crippen molar-refractivity contribution < 1.29 is 4.39 Å². The first-order valence-electron chi connectivity index (χ1n) is 9.55. The van der Waals surface area contributed by atoms with Crippen LogP contribution >= 0.6 is 0 Å². The molecule has 0 N–H and O–H groups in total. The second-order valence-electron chi connectivity index (χ2n) is 7.12. The number of aromatic nitrogens is 2. The van der Waals surface area contributed by atoms with Crippen LogP contribution in [-0.2, 0) is 13.0 Å². The van der Waals surface area contributed by atoms with Crippen LogP contribution in [0, 0.1) is 5.82 Å². The van der Waals surface area contributed by atoms with E-state index in [-0.39, 0.29) is 5.82 Å². The van der Waals surface area contributed by atoms with Crippen LogP contribution in [0.3, 0.4) is 0 Å². The van der Waals surface area contributed by atoms with Gasteiger partial charge >= 0.3 is 0 Å². The molecule has 0 bridgehead atoms. The van der Waals surface area contributed by atoms with Gasteiger partial charge in [-0.1, -0.05) is 6.92 Å². The summed E-state index contributed by atoms with van der Waals surface area (Å²) in [4.78, 5) is 16.5. The smallest absolute Gasteiger partial charge is 0.225 e. The van der Waals surface area contributed by atoms with E-state index in [1.165, 1.54) is 29.8 Å². The zero-order valence-corrected chi connectivity index (χ0v) is 15.4. The quantitative estimate of drug-likeness (QED) is 0.843. The molecule has 2 aliphatic rings. The summed E-state index contributed by atoms with van der Waals surface area (Å²) in [6.45, 7) is 9.01. The van der Waals surface area contributed by atoms with Gasteiger partial charge in [-0.05, 0) is 37.2 Å². The lowest BCUT2D eigenvalue weighted by Crippen LogP contribution is -2.47. The molecule has 2 aromatic rings. The summed E-state index contributed by atoms with van der Waals surface area (Å²) < 4.78 is 13.1. The van der Waals surface area contributed by atoms with Crippen LogP contribution in [-0.4, -0.2) is 54.1 Å². The molecule has 0 saturated carbocycles. The van der Waals surface area contributed by atoms with E-state index in [9.17, 15) is 4.39 Å². The number of rotatable bonds is 4. The van der Waals surface area contributed by atoms with Crippen LogP contribution in [0.15, 0.2) is 30.5 Å². The molecule has 0 amide bonds. The van der Waals surface area contributed by atoms with Crippen LogP contribution in [0.5, 0.6) is 0 Å². The van der Waals surface area contributed by atoms with E-state index in [0.717, 1.165) is 63.9 Å². The van der Waals surface area contributed by atoms with Gasteiger partial charge in [0.2, 0.25) is 5.95 Å². The van der Waals surface area contributed by atoms with Gasteiger partial charge in [0.1, 0.15) is 5.82 Å². The van der Waals surface area contributed by atoms with Gasteiger partial charge in [0.25, 0.3) is 0 Å². The highest BCUT2D eigenvalue weighted by molar-refractivity contribution is 5.48. The maximum atomic E-state index is 13.1. The van der Waals surface area contributed by atoms with Crippen molar-refractivity contribution in [2.24, 2.45) is 0 Å². The third-order valence-electron chi connectivity index (χ3n) is 5.29.